The lowest BCUT2D eigenvalue weighted by Gasteiger charge is -2.14. The third-order valence-corrected chi connectivity index (χ3v) is 5.71. The molecule has 3 rings (SSSR count). The molecule has 0 fully saturated rings. The van der Waals surface area contributed by atoms with E-state index in [1.54, 1.807) is 22.7 Å². The molecule has 0 radical (unpaired) electrons. The molecule has 0 aliphatic rings. The van der Waals surface area contributed by atoms with Crippen LogP contribution in [0.4, 0.5) is 0 Å². The molecule has 0 N–H and O–H groups in total. The summed E-state index contributed by atoms with van der Waals surface area (Å²) >= 11 is 3.43. The molecule has 0 unspecified atom stereocenters. The molecule has 0 amide bonds. The fraction of sp³-hybridized carbons (Fsp3) is 0.400. The van der Waals surface area contributed by atoms with E-state index in [0.717, 1.165) is 21.4 Å². The van der Waals surface area contributed by atoms with E-state index in [1.165, 1.54) is 11.1 Å². The molecular formula is C20H24N2S2. The van der Waals surface area contributed by atoms with Gasteiger partial charge in [-0.05, 0) is 0 Å². The molecular weight excluding hydrogens is 332 g/mol. The van der Waals surface area contributed by atoms with E-state index in [2.05, 4.69) is 76.6 Å². The van der Waals surface area contributed by atoms with Crippen molar-refractivity contribution in [3.63, 3.8) is 0 Å². The summed E-state index contributed by atoms with van der Waals surface area (Å²) < 4.78 is 0. The molecule has 0 atom stereocenters. The molecule has 24 heavy (non-hydrogen) atoms. The van der Waals surface area contributed by atoms with Gasteiger partial charge in [-0.15, -0.1) is 22.7 Å². The van der Waals surface area contributed by atoms with Gasteiger partial charge in [0.05, 0.1) is 11.4 Å². The van der Waals surface area contributed by atoms with Crippen molar-refractivity contribution in [3.8, 4) is 21.1 Å². The largest absolute Gasteiger partial charge is 0.241 e. The van der Waals surface area contributed by atoms with Crippen LogP contribution in [-0.4, -0.2) is 9.97 Å². The average molecular weight is 357 g/mol. The lowest BCUT2D eigenvalue weighted by atomic mass is 9.93. The second-order valence-electron chi connectivity index (χ2n) is 8.15. The molecule has 0 saturated carbocycles. The standard InChI is InChI=1S/C20H24N2S2/c1-19(2,3)15-11-23-17(21-15)13-7-9-14(10-8-13)18-22-16(12-24-18)20(4,5)6/h7-12H,1-6H3. The summed E-state index contributed by atoms with van der Waals surface area (Å²) in [4.78, 5) is 9.59. The van der Waals surface area contributed by atoms with Crippen LogP contribution in [0.3, 0.4) is 0 Å². The SMILES string of the molecule is CC(C)(C)c1csc(-c2ccc(-c3nc(C(C)(C)C)cs3)cc2)n1. The van der Waals surface area contributed by atoms with Crippen LogP contribution in [-0.2, 0) is 10.8 Å². The van der Waals surface area contributed by atoms with Gasteiger partial charge in [-0.1, -0.05) is 65.8 Å². The predicted octanol–water partition coefficient (Wildman–Crippen LogP) is 6.53. The molecule has 2 aromatic heterocycles. The molecule has 0 spiro atoms. The van der Waals surface area contributed by atoms with E-state index in [1.807, 2.05) is 0 Å². The summed E-state index contributed by atoms with van der Waals surface area (Å²) in [6.45, 7) is 13.2. The Bertz CT molecular complexity index is 756. The Balaban J connectivity index is 1.86. The predicted molar refractivity (Wildman–Crippen MR) is 106 cm³/mol. The fourth-order valence-corrected chi connectivity index (χ4v) is 4.36. The summed E-state index contributed by atoms with van der Waals surface area (Å²) in [5, 5.41) is 6.50. The van der Waals surface area contributed by atoms with Gasteiger partial charge in [0.15, 0.2) is 0 Å². The van der Waals surface area contributed by atoms with Gasteiger partial charge in [0.2, 0.25) is 0 Å². The van der Waals surface area contributed by atoms with Gasteiger partial charge in [-0.3, -0.25) is 0 Å². The molecule has 126 valence electrons. The third-order valence-electron chi connectivity index (χ3n) is 3.92. The highest BCUT2D eigenvalue weighted by atomic mass is 32.1. The zero-order valence-electron chi connectivity index (χ0n) is 15.2. The molecule has 0 bridgehead atoms. The second-order valence-corrected chi connectivity index (χ2v) is 9.87. The fourth-order valence-electron chi connectivity index (χ4n) is 2.26. The molecule has 0 saturated heterocycles. The topological polar surface area (TPSA) is 25.8 Å². The maximum atomic E-state index is 4.80. The van der Waals surface area contributed by atoms with Gasteiger partial charge in [0.1, 0.15) is 10.0 Å². The molecule has 0 aliphatic heterocycles. The van der Waals surface area contributed by atoms with Gasteiger partial charge in [-0.25, -0.2) is 9.97 Å². The first kappa shape index (κ1) is 17.3. The Labute approximate surface area is 152 Å². The van der Waals surface area contributed by atoms with Gasteiger partial charge in [0.25, 0.3) is 0 Å². The monoisotopic (exact) mass is 356 g/mol. The molecule has 4 heteroatoms. The van der Waals surface area contributed by atoms with Crippen LogP contribution < -0.4 is 0 Å². The Hall–Kier alpha value is -1.52. The van der Waals surface area contributed by atoms with E-state index < -0.39 is 0 Å². The Kier molecular flexibility index (Phi) is 4.39. The maximum Gasteiger partial charge on any atom is 0.123 e. The number of rotatable bonds is 2. The number of hydrogen-bond donors (Lipinski definition) is 0. The first-order valence-corrected chi connectivity index (χ1v) is 9.93. The van der Waals surface area contributed by atoms with Crippen LogP contribution in [0.15, 0.2) is 35.0 Å². The van der Waals surface area contributed by atoms with Crippen molar-refractivity contribution in [1.82, 2.24) is 9.97 Å². The van der Waals surface area contributed by atoms with Crippen LogP contribution in [0.1, 0.15) is 52.9 Å². The number of nitrogens with zero attached hydrogens (tertiary/aromatic N) is 2. The van der Waals surface area contributed by atoms with Crippen LogP contribution in [0.5, 0.6) is 0 Å². The quantitative estimate of drug-likeness (QED) is 0.522. The van der Waals surface area contributed by atoms with Crippen molar-refractivity contribution in [2.45, 2.75) is 52.4 Å². The number of hydrogen-bond acceptors (Lipinski definition) is 4. The Morgan fingerprint density at radius 1 is 0.625 bits per heavy atom. The van der Waals surface area contributed by atoms with Crippen LogP contribution in [0.25, 0.3) is 21.1 Å². The number of aromatic nitrogens is 2. The summed E-state index contributed by atoms with van der Waals surface area (Å²) in [5.74, 6) is 0. The first-order chi connectivity index (χ1) is 11.1. The smallest absolute Gasteiger partial charge is 0.123 e. The van der Waals surface area contributed by atoms with Gasteiger partial charge >= 0.3 is 0 Å². The van der Waals surface area contributed by atoms with Gasteiger partial charge < -0.3 is 0 Å². The van der Waals surface area contributed by atoms with Crippen molar-refractivity contribution in [2.75, 3.05) is 0 Å². The highest BCUT2D eigenvalue weighted by Gasteiger charge is 2.19. The van der Waals surface area contributed by atoms with Crippen molar-refractivity contribution in [2.24, 2.45) is 0 Å². The number of thiazole rings is 2. The maximum absolute atomic E-state index is 4.80. The zero-order chi connectivity index (χ0) is 17.5. The van der Waals surface area contributed by atoms with Crippen LogP contribution in [0.2, 0.25) is 0 Å². The molecule has 1 aromatic carbocycles. The summed E-state index contributed by atoms with van der Waals surface area (Å²) in [6.07, 6.45) is 0. The zero-order valence-corrected chi connectivity index (χ0v) is 16.8. The highest BCUT2D eigenvalue weighted by molar-refractivity contribution is 7.13. The van der Waals surface area contributed by atoms with Crippen LogP contribution in [0, 0.1) is 0 Å². The molecule has 3 aromatic rings. The van der Waals surface area contributed by atoms with Crippen molar-refractivity contribution in [1.29, 1.82) is 0 Å². The average Bonchev–Trinajstić information content (AvgIpc) is 3.16. The Morgan fingerprint density at radius 3 is 1.21 bits per heavy atom. The van der Waals surface area contributed by atoms with E-state index in [-0.39, 0.29) is 10.8 Å². The number of benzene rings is 1. The normalized spacial score (nSPS) is 12.6. The lowest BCUT2D eigenvalue weighted by molar-refractivity contribution is 0.573. The van der Waals surface area contributed by atoms with Gasteiger partial charge in [-0.2, -0.15) is 0 Å². The van der Waals surface area contributed by atoms with Gasteiger partial charge in [0, 0.05) is 32.7 Å². The van der Waals surface area contributed by atoms with Crippen molar-refractivity contribution >= 4 is 22.7 Å². The second kappa shape index (κ2) is 6.08. The summed E-state index contributed by atoms with van der Waals surface area (Å²) in [6, 6.07) is 8.61. The molecule has 0 aliphatic carbocycles. The lowest BCUT2D eigenvalue weighted by Crippen LogP contribution is -2.11. The van der Waals surface area contributed by atoms with E-state index in [4.69, 9.17) is 9.97 Å². The summed E-state index contributed by atoms with van der Waals surface area (Å²) in [5.41, 5.74) is 4.85. The minimum absolute atomic E-state index is 0.0962. The minimum Gasteiger partial charge on any atom is -0.241 e. The Morgan fingerprint density at radius 2 is 0.958 bits per heavy atom. The highest BCUT2D eigenvalue weighted by Crippen LogP contribution is 2.33. The molecule has 2 heterocycles. The third kappa shape index (κ3) is 3.60. The first-order valence-electron chi connectivity index (χ1n) is 8.17. The van der Waals surface area contributed by atoms with E-state index in [9.17, 15) is 0 Å². The summed E-state index contributed by atoms with van der Waals surface area (Å²) in [7, 11) is 0. The van der Waals surface area contributed by atoms with Crippen LogP contribution >= 0.6 is 22.7 Å². The molecule has 2 nitrogen and oxygen atoms in total. The minimum atomic E-state index is 0.0962. The van der Waals surface area contributed by atoms with Crippen molar-refractivity contribution in [3.05, 3.63) is 46.4 Å². The van der Waals surface area contributed by atoms with E-state index in [0.29, 0.717) is 0 Å². The van der Waals surface area contributed by atoms with E-state index >= 15 is 0 Å². The van der Waals surface area contributed by atoms with Crippen molar-refractivity contribution < 1.29 is 0 Å².